The van der Waals surface area contributed by atoms with E-state index in [1.165, 1.54) is 25.8 Å². The SMILES string of the molecule is Cc1ncc(C(=O)NCCN2CC3CCC2C3)cc1NC=O. The third-order valence-electron chi connectivity index (χ3n) is 4.77. The number of hydrogen-bond acceptors (Lipinski definition) is 4. The third kappa shape index (κ3) is 3.11. The molecule has 2 bridgehead atoms. The predicted molar refractivity (Wildman–Crippen MR) is 83.7 cm³/mol. The summed E-state index contributed by atoms with van der Waals surface area (Å²) in [6.45, 7) is 4.52. The summed E-state index contributed by atoms with van der Waals surface area (Å²) in [6, 6.07) is 2.38. The molecule has 2 heterocycles. The number of piperidine rings is 1. The summed E-state index contributed by atoms with van der Waals surface area (Å²) in [5.74, 6) is 0.727. The molecular weight excluding hydrogens is 280 g/mol. The van der Waals surface area contributed by atoms with E-state index in [1.54, 1.807) is 19.2 Å². The molecule has 2 amide bonds. The quantitative estimate of drug-likeness (QED) is 0.774. The molecule has 1 aromatic heterocycles. The first-order valence-corrected chi connectivity index (χ1v) is 7.86. The van der Waals surface area contributed by atoms with Gasteiger partial charge in [-0.3, -0.25) is 19.5 Å². The van der Waals surface area contributed by atoms with Gasteiger partial charge in [0, 0.05) is 31.9 Å². The highest BCUT2D eigenvalue weighted by Crippen LogP contribution is 2.36. The van der Waals surface area contributed by atoms with Crippen molar-refractivity contribution >= 4 is 18.0 Å². The normalized spacial score (nSPS) is 23.5. The van der Waals surface area contributed by atoms with E-state index in [1.807, 2.05) is 0 Å². The fourth-order valence-corrected chi connectivity index (χ4v) is 3.58. The molecule has 2 aliphatic rings. The first kappa shape index (κ1) is 15.0. The molecule has 1 aromatic rings. The Bertz CT molecular complexity index is 575. The standard InChI is InChI=1S/C16H22N4O2/c1-11-15(19-10-21)7-13(8-18-11)16(22)17-4-5-20-9-12-2-3-14(20)6-12/h7-8,10,12,14H,2-6,9H2,1H3,(H,17,22)(H,19,21). The molecule has 0 spiro atoms. The Morgan fingerprint density at radius 3 is 3.05 bits per heavy atom. The smallest absolute Gasteiger partial charge is 0.252 e. The van der Waals surface area contributed by atoms with Gasteiger partial charge in [-0.2, -0.15) is 0 Å². The van der Waals surface area contributed by atoms with Gasteiger partial charge in [0.05, 0.1) is 16.9 Å². The van der Waals surface area contributed by atoms with E-state index in [4.69, 9.17) is 0 Å². The highest BCUT2D eigenvalue weighted by molar-refractivity contribution is 5.95. The Morgan fingerprint density at radius 1 is 1.50 bits per heavy atom. The molecule has 2 fully saturated rings. The average molecular weight is 302 g/mol. The maximum atomic E-state index is 12.2. The maximum absolute atomic E-state index is 12.2. The lowest BCUT2D eigenvalue weighted by Crippen LogP contribution is -2.39. The molecule has 0 aromatic carbocycles. The molecular formula is C16H22N4O2. The van der Waals surface area contributed by atoms with Gasteiger partial charge in [-0.1, -0.05) is 0 Å². The minimum Gasteiger partial charge on any atom is -0.351 e. The van der Waals surface area contributed by atoms with Crippen LogP contribution in [-0.2, 0) is 4.79 Å². The van der Waals surface area contributed by atoms with Gasteiger partial charge in [-0.15, -0.1) is 0 Å². The molecule has 2 unspecified atom stereocenters. The number of anilines is 1. The monoisotopic (exact) mass is 302 g/mol. The zero-order chi connectivity index (χ0) is 15.5. The average Bonchev–Trinajstić information content (AvgIpc) is 3.12. The summed E-state index contributed by atoms with van der Waals surface area (Å²) >= 11 is 0. The summed E-state index contributed by atoms with van der Waals surface area (Å²) in [5, 5.41) is 5.50. The Morgan fingerprint density at radius 2 is 2.36 bits per heavy atom. The highest BCUT2D eigenvalue weighted by atomic mass is 16.1. The first-order chi connectivity index (χ1) is 10.7. The van der Waals surface area contributed by atoms with Crippen LogP contribution in [0.15, 0.2) is 12.3 Å². The Kier molecular flexibility index (Phi) is 4.38. The molecule has 1 saturated heterocycles. The van der Waals surface area contributed by atoms with E-state index in [0.29, 0.717) is 29.9 Å². The molecule has 2 N–H and O–H groups in total. The van der Waals surface area contributed by atoms with Crippen molar-refractivity contribution in [2.75, 3.05) is 25.0 Å². The largest absolute Gasteiger partial charge is 0.351 e. The maximum Gasteiger partial charge on any atom is 0.252 e. The molecule has 22 heavy (non-hydrogen) atoms. The van der Waals surface area contributed by atoms with Gasteiger partial charge < -0.3 is 10.6 Å². The number of nitrogens with one attached hydrogen (secondary N) is 2. The molecule has 118 valence electrons. The second-order valence-corrected chi connectivity index (χ2v) is 6.20. The van der Waals surface area contributed by atoms with Crippen LogP contribution in [0.1, 0.15) is 35.3 Å². The van der Waals surface area contributed by atoms with Crippen LogP contribution in [0.5, 0.6) is 0 Å². The highest BCUT2D eigenvalue weighted by Gasteiger charge is 2.37. The van der Waals surface area contributed by atoms with E-state index in [0.717, 1.165) is 18.5 Å². The fourth-order valence-electron chi connectivity index (χ4n) is 3.58. The number of likely N-dealkylation sites (tertiary alicyclic amines) is 1. The lowest BCUT2D eigenvalue weighted by Gasteiger charge is -2.26. The van der Waals surface area contributed by atoms with Gasteiger partial charge in [-0.25, -0.2) is 0 Å². The number of fused-ring (bicyclic) bond motifs is 2. The molecule has 1 aliphatic heterocycles. The number of aryl methyl sites for hydroxylation is 1. The van der Waals surface area contributed by atoms with Crippen molar-refractivity contribution in [3.05, 3.63) is 23.5 Å². The van der Waals surface area contributed by atoms with Gasteiger partial charge in [0.15, 0.2) is 0 Å². The Balaban J connectivity index is 1.51. The summed E-state index contributed by atoms with van der Waals surface area (Å²) in [7, 11) is 0. The van der Waals surface area contributed by atoms with Gasteiger partial charge in [-0.05, 0) is 38.2 Å². The number of nitrogens with zero attached hydrogens (tertiary/aromatic N) is 2. The Hall–Kier alpha value is -1.95. The van der Waals surface area contributed by atoms with E-state index in [-0.39, 0.29) is 5.91 Å². The molecule has 3 rings (SSSR count). The van der Waals surface area contributed by atoms with Crippen molar-refractivity contribution in [3.63, 3.8) is 0 Å². The Labute approximate surface area is 130 Å². The van der Waals surface area contributed by atoms with Crippen LogP contribution in [0.2, 0.25) is 0 Å². The number of hydrogen-bond donors (Lipinski definition) is 2. The number of aromatic nitrogens is 1. The lowest BCUT2D eigenvalue weighted by molar-refractivity contribution is -0.105. The molecule has 6 heteroatoms. The van der Waals surface area contributed by atoms with Gasteiger partial charge >= 0.3 is 0 Å². The summed E-state index contributed by atoms with van der Waals surface area (Å²) in [5.41, 5.74) is 1.73. The molecule has 1 saturated carbocycles. The van der Waals surface area contributed by atoms with Crippen molar-refractivity contribution < 1.29 is 9.59 Å². The number of carbonyl (C=O) groups excluding carboxylic acids is 2. The third-order valence-corrected chi connectivity index (χ3v) is 4.77. The van der Waals surface area contributed by atoms with Gasteiger partial charge in [0.25, 0.3) is 5.91 Å². The van der Waals surface area contributed by atoms with Crippen LogP contribution in [0.4, 0.5) is 5.69 Å². The number of rotatable bonds is 6. The van der Waals surface area contributed by atoms with Crippen molar-refractivity contribution in [3.8, 4) is 0 Å². The van der Waals surface area contributed by atoms with Crippen LogP contribution in [0.25, 0.3) is 0 Å². The van der Waals surface area contributed by atoms with Crippen LogP contribution in [0.3, 0.4) is 0 Å². The van der Waals surface area contributed by atoms with E-state index in [2.05, 4.69) is 20.5 Å². The van der Waals surface area contributed by atoms with Crippen LogP contribution in [0, 0.1) is 12.8 Å². The molecule has 0 radical (unpaired) electrons. The zero-order valence-corrected chi connectivity index (χ0v) is 12.8. The number of carbonyl (C=O) groups is 2. The fraction of sp³-hybridized carbons (Fsp3) is 0.562. The molecule has 1 aliphatic carbocycles. The number of amides is 2. The van der Waals surface area contributed by atoms with Crippen molar-refractivity contribution in [2.24, 2.45) is 5.92 Å². The van der Waals surface area contributed by atoms with Crippen molar-refractivity contribution in [1.82, 2.24) is 15.2 Å². The predicted octanol–water partition coefficient (Wildman–Crippen LogP) is 1.17. The van der Waals surface area contributed by atoms with Crippen LogP contribution in [-0.4, -0.2) is 47.9 Å². The summed E-state index contributed by atoms with van der Waals surface area (Å²) in [4.78, 5) is 29.3. The summed E-state index contributed by atoms with van der Waals surface area (Å²) < 4.78 is 0. The van der Waals surface area contributed by atoms with Crippen LogP contribution >= 0.6 is 0 Å². The summed E-state index contributed by atoms with van der Waals surface area (Å²) in [6.07, 6.45) is 6.14. The lowest BCUT2D eigenvalue weighted by atomic mass is 10.1. The zero-order valence-electron chi connectivity index (χ0n) is 12.8. The van der Waals surface area contributed by atoms with Crippen molar-refractivity contribution in [1.29, 1.82) is 0 Å². The minimum atomic E-state index is -0.147. The van der Waals surface area contributed by atoms with E-state index in [9.17, 15) is 9.59 Å². The number of pyridine rings is 1. The van der Waals surface area contributed by atoms with Gasteiger partial charge in [0.2, 0.25) is 6.41 Å². The second kappa shape index (κ2) is 6.44. The van der Waals surface area contributed by atoms with Crippen molar-refractivity contribution in [2.45, 2.75) is 32.2 Å². The second-order valence-electron chi connectivity index (χ2n) is 6.20. The van der Waals surface area contributed by atoms with Crippen LogP contribution < -0.4 is 10.6 Å². The molecule has 6 nitrogen and oxygen atoms in total. The van der Waals surface area contributed by atoms with E-state index >= 15 is 0 Å². The first-order valence-electron chi connectivity index (χ1n) is 7.86. The van der Waals surface area contributed by atoms with Gasteiger partial charge in [0.1, 0.15) is 0 Å². The van der Waals surface area contributed by atoms with E-state index < -0.39 is 0 Å². The molecule has 2 atom stereocenters. The minimum absolute atomic E-state index is 0.147. The topological polar surface area (TPSA) is 74.3 Å².